The predicted octanol–water partition coefficient (Wildman–Crippen LogP) is 3.09. The van der Waals surface area contributed by atoms with E-state index in [1.54, 1.807) is 0 Å². The molecule has 2 aromatic rings. The van der Waals surface area contributed by atoms with Gasteiger partial charge >= 0.3 is 0 Å². The fourth-order valence-electron chi connectivity index (χ4n) is 3.10. The molecule has 1 aromatic heterocycles. The summed E-state index contributed by atoms with van der Waals surface area (Å²) >= 11 is 0. The maximum absolute atomic E-state index is 4.88. The van der Waals surface area contributed by atoms with Gasteiger partial charge in [-0.1, -0.05) is 24.6 Å². The molecule has 0 amide bonds. The molecule has 106 valence electrons. The number of hydrogen-bond donors (Lipinski definition) is 1. The first-order valence-corrected chi connectivity index (χ1v) is 7.58. The second-order valence-electron chi connectivity index (χ2n) is 5.72. The molecule has 0 radical (unpaired) electrons. The molecule has 2 heterocycles. The Balaban J connectivity index is 2.17. The number of aryl methyl sites for hydroxylation is 3. The fourth-order valence-corrected chi connectivity index (χ4v) is 3.10. The summed E-state index contributed by atoms with van der Waals surface area (Å²) in [5.41, 5.74) is 6.59. The Morgan fingerprint density at radius 2 is 2.15 bits per heavy atom. The number of rotatable bonds is 3. The second-order valence-corrected chi connectivity index (χ2v) is 5.72. The predicted molar refractivity (Wildman–Crippen MR) is 82.4 cm³/mol. The van der Waals surface area contributed by atoms with Crippen LogP contribution in [0.25, 0.3) is 5.69 Å². The van der Waals surface area contributed by atoms with Crippen molar-refractivity contribution < 1.29 is 0 Å². The van der Waals surface area contributed by atoms with E-state index in [2.05, 4.69) is 48.9 Å². The van der Waals surface area contributed by atoms with Gasteiger partial charge in [0.05, 0.1) is 5.69 Å². The molecule has 0 spiro atoms. The normalized spacial score (nSPS) is 14.3. The Hall–Kier alpha value is -1.61. The minimum Gasteiger partial charge on any atom is -0.311 e. The third-order valence-corrected chi connectivity index (χ3v) is 4.02. The number of nitrogens with zero attached hydrogens (tertiary/aromatic N) is 2. The molecular formula is C17H23N3. The molecular weight excluding hydrogens is 246 g/mol. The zero-order chi connectivity index (χ0) is 14.1. The van der Waals surface area contributed by atoms with Crippen molar-refractivity contribution >= 4 is 0 Å². The Kier molecular flexibility index (Phi) is 3.62. The summed E-state index contributed by atoms with van der Waals surface area (Å²) in [6, 6.07) is 6.71. The number of aromatic nitrogens is 2. The van der Waals surface area contributed by atoms with Gasteiger partial charge in [-0.3, -0.25) is 0 Å². The van der Waals surface area contributed by atoms with Crippen LogP contribution in [0.3, 0.4) is 0 Å². The van der Waals surface area contributed by atoms with E-state index in [0.717, 1.165) is 32.4 Å². The standard InChI is InChI=1S/C17H23N3/c1-4-5-17-19-14-11-18-9-8-16(14)20(17)15-7-6-12(2)10-13(15)3/h6-7,10,18H,4-5,8-9,11H2,1-3H3. The highest BCUT2D eigenvalue weighted by atomic mass is 15.1. The minimum absolute atomic E-state index is 0.907. The van der Waals surface area contributed by atoms with Gasteiger partial charge in [-0.25, -0.2) is 4.98 Å². The molecule has 0 bridgehead atoms. The van der Waals surface area contributed by atoms with E-state index in [1.807, 2.05) is 0 Å². The van der Waals surface area contributed by atoms with Crippen molar-refractivity contribution in [1.29, 1.82) is 0 Å². The van der Waals surface area contributed by atoms with E-state index >= 15 is 0 Å². The van der Waals surface area contributed by atoms with Gasteiger partial charge in [0.15, 0.2) is 0 Å². The molecule has 0 saturated heterocycles. The molecule has 1 aliphatic heterocycles. The smallest absolute Gasteiger partial charge is 0.113 e. The largest absolute Gasteiger partial charge is 0.311 e. The van der Waals surface area contributed by atoms with Crippen molar-refractivity contribution in [2.75, 3.05) is 6.54 Å². The molecule has 0 saturated carbocycles. The Bertz CT molecular complexity index is 625. The van der Waals surface area contributed by atoms with E-state index < -0.39 is 0 Å². The van der Waals surface area contributed by atoms with E-state index in [-0.39, 0.29) is 0 Å². The first kappa shape index (κ1) is 13.4. The molecule has 1 aliphatic rings. The first-order valence-electron chi connectivity index (χ1n) is 7.58. The van der Waals surface area contributed by atoms with Crippen LogP contribution in [0.15, 0.2) is 18.2 Å². The van der Waals surface area contributed by atoms with E-state index in [9.17, 15) is 0 Å². The van der Waals surface area contributed by atoms with E-state index in [4.69, 9.17) is 4.98 Å². The molecule has 1 N–H and O–H groups in total. The van der Waals surface area contributed by atoms with Crippen LogP contribution in [0.1, 0.15) is 41.7 Å². The number of nitrogens with one attached hydrogen (secondary N) is 1. The maximum atomic E-state index is 4.88. The van der Waals surface area contributed by atoms with Crippen molar-refractivity contribution in [2.24, 2.45) is 0 Å². The third-order valence-electron chi connectivity index (χ3n) is 4.02. The molecule has 3 nitrogen and oxygen atoms in total. The van der Waals surface area contributed by atoms with Crippen LogP contribution in [0.5, 0.6) is 0 Å². The van der Waals surface area contributed by atoms with Crippen LogP contribution >= 0.6 is 0 Å². The fraction of sp³-hybridized carbons (Fsp3) is 0.471. The number of hydrogen-bond acceptors (Lipinski definition) is 2. The average molecular weight is 269 g/mol. The van der Waals surface area contributed by atoms with Crippen LogP contribution in [0, 0.1) is 13.8 Å². The van der Waals surface area contributed by atoms with Crippen LogP contribution in [0.4, 0.5) is 0 Å². The Morgan fingerprint density at radius 3 is 2.90 bits per heavy atom. The van der Waals surface area contributed by atoms with Gasteiger partial charge in [0.2, 0.25) is 0 Å². The van der Waals surface area contributed by atoms with Crippen molar-refractivity contribution in [1.82, 2.24) is 14.9 Å². The van der Waals surface area contributed by atoms with E-state index in [1.165, 1.54) is 34.0 Å². The topological polar surface area (TPSA) is 29.9 Å². The van der Waals surface area contributed by atoms with Gasteiger partial charge in [0, 0.05) is 37.3 Å². The summed E-state index contributed by atoms with van der Waals surface area (Å²) in [5, 5.41) is 3.42. The molecule has 3 heteroatoms. The summed E-state index contributed by atoms with van der Waals surface area (Å²) < 4.78 is 2.41. The van der Waals surface area contributed by atoms with Crippen LogP contribution < -0.4 is 5.32 Å². The minimum atomic E-state index is 0.907. The van der Waals surface area contributed by atoms with Crippen molar-refractivity contribution in [3.05, 3.63) is 46.5 Å². The molecule has 1 aromatic carbocycles. The highest BCUT2D eigenvalue weighted by molar-refractivity contribution is 5.46. The molecule has 0 aliphatic carbocycles. The lowest BCUT2D eigenvalue weighted by atomic mass is 10.1. The highest BCUT2D eigenvalue weighted by Gasteiger charge is 2.20. The van der Waals surface area contributed by atoms with Crippen molar-refractivity contribution in [2.45, 2.75) is 46.6 Å². The molecule has 3 rings (SSSR count). The monoisotopic (exact) mass is 269 g/mol. The SMILES string of the molecule is CCCc1nc2c(n1-c1ccc(C)cc1C)CCNC2. The van der Waals surface area contributed by atoms with Crippen molar-refractivity contribution in [3.8, 4) is 5.69 Å². The maximum Gasteiger partial charge on any atom is 0.113 e. The third kappa shape index (κ3) is 2.27. The number of imidazole rings is 1. The van der Waals surface area contributed by atoms with E-state index in [0.29, 0.717) is 0 Å². The number of benzene rings is 1. The van der Waals surface area contributed by atoms with Gasteiger partial charge in [-0.2, -0.15) is 0 Å². The summed E-state index contributed by atoms with van der Waals surface area (Å²) in [7, 11) is 0. The quantitative estimate of drug-likeness (QED) is 0.928. The Morgan fingerprint density at radius 1 is 1.30 bits per heavy atom. The van der Waals surface area contributed by atoms with Gasteiger partial charge in [0.25, 0.3) is 0 Å². The summed E-state index contributed by atoms with van der Waals surface area (Å²) in [6.45, 7) is 8.53. The van der Waals surface area contributed by atoms with Gasteiger partial charge in [-0.05, 0) is 31.9 Å². The van der Waals surface area contributed by atoms with Crippen LogP contribution in [-0.4, -0.2) is 16.1 Å². The molecule has 0 fully saturated rings. The van der Waals surface area contributed by atoms with Crippen LogP contribution in [0.2, 0.25) is 0 Å². The lowest BCUT2D eigenvalue weighted by molar-refractivity contribution is 0.619. The highest BCUT2D eigenvalue weighted by Crippen LogP contribution is 2.25. The van der Waals surface area contributed by atoms with Gasteiger partial charge in [0.1, 0.15) is 5.82 Å². The van der Waals surface area contributed by atoms with Crippen molar-refractivity contribution in [3.63, 3.8) is 0 Å². The zero-order valence-corrected chi connectivity index (χ0v) is 12.7. The van der Waals surface area contributed by atoms with Gasteiger partial charge in [-0.15, -0.1) is 0 Å². The molecule has 20 heavy (non-hydrogen) atoms. The average Bonchev–Trinajstić information content (AvgIpc) is 2.78. The van der Waals surface area contributed by atoms with Crippen LogP contribution in [-0.2, 0) is 19.4 Å². The zero-order valence-electron chi connectivity index (χ0n) is 12.7. The summed E-state index contributed by atoms with van der Waals surface area (Å²) in [6.07, 6.45) is 3.24. The lowest BCUT2D eigenvalue weighted by Gasteiger charge is -2.18. The summed E-state index contributed by atoms with van der Waals surface area (Å²) in [5.74, 6) is 1.22. The number of fused-ring (bicyclic) bond motifs is 1. The molecule has 0 atom stereocenters. The Labute approximate surface area is 121 Å². The van der Waals surface area contributed by atoms with Gasteiger partial charge < -0.3 is 9.88 Å². The second kappa shape index (κ2) is 5.41. The first-order chi connectivity index (χ1) is 9.70. The molecule has 0 unspecified atom stereocenters. The lowest BCUT2D eigenvalue weighted by Crippen LogP contribution is -2.25. The summed E-state index contributed by atoms with van der Waals surface area (Å²) in [4.78, 5) is 4.88.